The molecule has 0 spiro atoms. The topological polar surface area (TPSA) is 47.1 Å². The van der Waals surface area contributed by atoms with Crippen LogP contribution >= 0.6 is 11.3 Å². The van der Waals surface area contributed by atoms with Crippen LogP contribution in [0.15, 0.2) is 29.9 Å². The highest BCUT2D eigenvalue weighted by molar-refractivity contribution is 7.09. The lowest BCUT2D eigenvalue weighted by atomic mass is 10.0. The van der Waals surface area contributed by atoms with Crippen LogP contribution in [0.3, 0.4) is 0 Å². The Morgan fingerprint density at radius 3 is 2.83 bits per heavy atom. The zero-order valence-corrected chi connectivity index (χ0v) is 11.9. The van der Waals surface area contributed by atoms with Crippen molar-refractivity contribution in [2.24, 2.45) is 12.8 Å². The Hall–Kier alpha value is -1.17. The van der Waals surface area contributed by atoms with Gasteiger partial charge >= 0.3 is 0 Å². The highest BCUT2D eigenvalue weighted by Gasteiger charge is 2.22. The maximum absolute atomic E-state index is 6.13. The molecule has 18 heavy (non-hydrogen) atoms. The molecule has 2 rings (SSSR count). The van der Waals surface area contributed by atoms with Gasteiger partial charge < -0.3 is 5.73 Å². The summed E-state index contributed by atoms with van der Waals surface area (Å²) >= 11 is 1.78. The maximum Gasteiger partial charge on any atom is 0.0538 e. The van der Waals surface area contributed by atoms with Gasteiger partial charge in [-0.1, -0.05) is 6.07 Å². The van der Waals surface area contributed by atoms with Gasteiger partial charge in [-0.05, 0) is 25.4 Å². The lowest BCUT2D eigenvalue weighted by molar-refractivity contribution is 0.212. The Morgan fingerprint density at radius 2 is 2.33 bits per heavy atom. The predicted molar refractivity (Wildman–Crippen MR) is 75.4 cm³/mol. The molecule has 0 saturated heterocycles. The minimum absolute atomic E-state index is 0.0687. The first-order valence-corrected chi connectivity index (χ1v) is 6.92. The van der Waals surface area contributed by atoms with Gasteiger partial charge in [-0.3, -0.25) is 9.58 Å². The molecule has 5 heteroatoms. The zero-order valence-electron chi connectivity index (χ0n) is 11.1. The molecule has 0 amide bonds. The van der Waals surface area contributed by atoms with Gasteiger partial charge in [0, 0.05) is 36.3 Å². The number of hydrogen-bond acceptors (Lipinski definition) is 4. The Bertz CT molecular complexity index is 475. The first kappa shape index (κ1) is 13.3. The summed E-state index contributed by atoms with van der Waals surface area (Å²) < 4.78 is 1.82. The fourth-order valence-electron chi connectivity index (χ4n) is 2.30. The third-order valence-electron chi connectivity index (χ3n) is 3.02. The standard InChI is InChI=1S/C13H20N4S/c1-10(14)13(11-7-15-17(3)8-11)16(2)9-12-5-4-6-18-12/h4-8,10,13H,9,14H2,1-3H3. The van der Waals surface area contributed by atoms with Crippen LogP contribution < -0.4 is 5.73 Å². The number of thiophene rings is 1. The van der Waals surface area contributed by atoms with Crippen molar-refractivity contribution in [3.63, 3.8) is 0 Å². The predicted octanol–water partition coefficient (Wildman–Crippen LogP) is 2.00. The second-order valence-corrected chi connectivity index (χ2v) is 5.78. The van der Waals surface area contributed by atoms with Crippen LogP contribution in [0.1, 0.15) is 23.4 Å². The number of aromatic nitrogens is 2. The largest absolute Gasteiger partial charge is 0.326 e. The number of nitrogens with two attached hydrogens (primary N) is 1. The maximum atomic E-state index is 6.13. The summed E-state index contributed by atoms with van der Waals surface area (Å²) in [7, 11) is 4.04. The summed E-state index contributed by atoms with van der Waals surface area (Å²) in [5, 5.41) is 6.34. The highest BCUT2D eigenvalue weighted by Crippen LogP contribution is 2.24. The van der Waals surface area contributed by atoms with Crippen molar-refractivity contribution >= 4 is 11.3 Å². The molecule has 2 aromatic rings. The third-order valence-corrected chi connectivity index (χ3v) is 3.89. The fourth-order valence-corrected chi connectivity index (χ4v) is 3.07. The Balaban J connectivity index is 2.15. The van der Waals surface area contributed by atoms with Crippen LogP contribution in [0, 0.1) is 0 Å². The van der Waals surface area contributed by atoms with Crippen LogP contribution in [0.4, 0.5) is 0 Å². The second kappa shape index (κ2) is 5.65. The van der Waals surface area contributed by atoms with Gasteiger partial charge in [0.2, 0.25) is 0 Å². The van der Waals surface area contributed by atoms with Gasteiger partial charge in [0.1, 0.15) is 0 Å². The summed E-state index contributed by atoms with van der Waals surface area (Å²) in [5.74, 6) is 0. The van der Waals surface area contributed by atoms with E-state index in [0.717, 1.165) is 6.54 Å². The van der Waals surface area contributed by atoms with Crippen molar-refractivity contribution in [1.82, 2.24) is 14.7 Å². The molecule has 2 atom stereocenters. The lowest BCUT2D eigenvalue weighted by Gasteiger charge is -2.30. The molecule has 0 aliphatic rings. The Kier molecular flexibility index (Phi) is 4.16. The van der Waals surface area contributed by atoms with Crippen molar-refractivity contribution in [1.29, 1.82) is 0 Å². The average molecular weight is 264 g/mol. The summed E-state index contributed by atoms with van der Waals surface area (Å²) in [5.41, 5.74) is 7.31. The average Bonchev–Trinajstić information content (AvgIpc) is 2.90. The first-order chi connectivity index (χ1) is 8.58. The lowest BCUT2D eigenvalue weighted by Crippen LogP contribution is -2.36. The molecular formula is C13H20N4S. The molecule has 0 aliphatic heterocycles. The van der Waals surface area contributed by atoms with E-state index in [9.17, 15) is 0 Å². The van der Waals surface area contributed by atoms with Crippen molar-refractivity contribution in [2.45, 2.75) is 25.6 Å². The van der Waals surface area contributed by atoms with Crippen LogP contribution in [-0.2, 0) is 13.6 Å². The van der Waals surface area contributed by atoms with Gasteiger partial charge in [-0.2, -0.15) is 5.10 Å². The molecule has 0 saturated carbocycles. The van der Waals surface area contributed by atoms with Crippen molar-refractivity contribution in [3.8, 4) is 0 Å². The quantitative estimate of drug-likeness (QED) is 0.898. The first-order valence-electron chi connectivity index (χ1n) is 6.04. The van der Waals surface area contributed by atoms with Crippen molar-refractivity contribution in [2.75, 3.05) is 7.05 Å². The molecule has 2 heterocycles. The third kappa shape index (κ3) is 2.98. The second-order valence-electron chi connectivity index (χ2n) is 4.75. The van der Waals surface area contributed by atoms with Crippen LogP contribution in [0.2, 0.25) is 0 Å². The molecule has 0 bridgehead atoms. The van der Waals surface area contributed by atoms with E-state index in [0.29, 0.717) is 0 Å². The van der Waals surface area contributed by atoms with E-state index in [1.54, 1.807) is 11.3 Å². The molecule has 0 aromatic carbocycles. The van der Waals surface area contributed by atoms with Gasteiger partial charge in [0.05, 0.1) is 12.2 Å². The number of nitrogens with zero attached hydrogens (tertiary/aromatic N) is 3. The van der Waals surface area contributed by atoms with E-state index in [1.165, 1.54) is 10.4 Å². The van der Waals surface area contributed by atoms with Gasteiger partial charge in [-0.25, -0.2) is 0 Å². The molecule has 2 N–H and O–H groups in total. The highest BCUT2D eigenvalue weighted by atomic mass is 32.1. The molecule has 4 nitrogen and oxygen atoms in total. The van der Waals surface area contributed by atoms with Gasteiger partial charge in [-0.15, -0.1) is 11.3 Å². The molecule has 0 radical (unpaired) electrons. The van der Waals surface area contributed by atoms with Crippen LogP contribution in [-0.4, -0.2) is 27.8 Å². The van der Waals surface area contributed by atoms with Crippen LogP contribution in [0.5, 0.6) is 0 Å². The zero-order chi connectivity index (χ0) is 13.1. The monoisotopic (exact) mass is 264 g/mol. The minimum atomic E-state index is 0.0687. The summed E-state index contributed by atoms with van der Waals surface area (Å²) in [6.07, 6.45) is 3.94. The van der Waals surface area contributed by atoms with E-state index < -0.39 is 0 Å². The van der Waals surface area contributed by atoms with Crippen molar-refractivity contribution < 1.29 is 0 Å². The summed E-state index contributed by atoms with van der Waals surface area (Å²) in [4.78, 5) is 3.64. The number of rotatable bonds is 5. The summed E-state index contributed by atoms with van der Waals surface area (Å²) in [6.45, 7) is 2.96. The van der Waals surface area contributed by atoms with E-state index in [1.807, 2.05) is 31.0 Å². The fraction of sp³-hybridized carbons (Fsp3) is 0.462. The van der Waals surface area contributed by atoms with Crippen LogP contribution in [0.25, 0.3) is 0 Å². The Morgan fingerprint density at radius 1 is 1.56 bits per heavy atom. The molecule has 2 unspecified atom stereocenters. The normalized spacial score (nSPS) is 14.9. The molecule has 0 aliphatic carbocycles. The smallest absolute Gasteiger partial charge is 0.0538 e. The van der Waals surface area contributed by atoms with Crippen molar-refractivity contribution in [3.05, 3.63) is 40.3 Å². The number of aryl methyl sites for hydroxylation is 1. The van der Waals surface area contributed by atoms with Gasteiger partial charge in [0.15, 0.2) is 0 Å². The van der Waals surface area contributed by atoms with E-state index >= 15 is 0 Å². The molecule has 2 aromatic heterocycles. The SMILES string of the molecule is CC(N)C(c1cnn(C)c1)N(C)Cc1cccs1. The molecule has 98 valence electrons. The van der Waals surface area contributed by atoms with E-state index in [4.69, 9.17) is 5.73 Å². The minimum Gasteiger partial charge on any atom is -0.326 e. The number of hydrogen-bond donors (Lipinski definition) is 1. The summed E-state index contributed by atoms with van der Waals surface area (Å²) in [6, 6.07) is 4.50. The van der Waals surface area contributed by atoms with Gasteiger partial charge in [0.25, 0.3) is 0 Å². The molecule has 0 fully saturated rings. The van der Waals surface area contributed by atoms with E-state index in [-0.39, 0.29) is 12.1 Å². The molecular weight excluding hydrogens is 244 g/mol. The van der Waals surface area contributed by atoms with E-state index in [2.05, 4.69) is 34.6 Å². The Labute approximate surface area is 112 Å². The number of likely N-dealkylation sites (N-methyl/N-ethyl adjacent to an activating group) is 1.